The normalized spacial score (nSPS) is 19.6. The summed E-state index contributed by atoms with van der Waals surface area (Å²) in [6, 6.07) is 10.1. The lowest BCUT2D eigenvalue weighted by molar-refractivity contribution is -0.137. The lowest BCUT2D eigenvalue weighted by Gasteiger charge is -2.34. The van der Waals surface area contributed by atoms with E-state index in [1.807, 2.05) is 12.1 Å². The zero-order valence-corrected chi connectivity index (χ0v) is 18.9. The number of halogens is 3. The molecule has 0 fully saturated rings. The molecule has 0 amide bonds. The Balaban J connectivity index is 1.57. The first-order valence-corrected chi connectivity index (χ1v) is 10.9. The number of benzene rings is 2. The number of allylic oxidation sites excluding steroid dienone is 2. The highest BCUT2D eigenvalue weighted by atomic mass is 19.4. The monoisotopic (exact) mass is 485 g/mol. The van der Waals surface area contributed by atoms with Crippen molar-refractivity contribution in [2.24, 2.45) is 0 Å². The Morgan fingerprint density at radius 1 is 0.886 bits per heavy atom. The van der Waals surface area contributed by atoms with Crippen LogP contribution in [-0.2, 0) is 11.0 Å². The lowest BCUT2D eigenvalue weighted by Crippen LogP contribution is -2.31. The number of Topliss-reactive ketones (excluding diaryl/α,β-unsaturated/α-hetero) is 1. The molecule has 0 saturated heterocycles. The van der Waals surface area contributed by atoms with Gasteiger partial charge in [0.15, 0.2) is 17.3 Å². The highest BCUT2D eigenvalue weighted by Gasteiger charge is 2.41. The van der Waals surface area contributed by atoms with Gasteiger partial charge >= 0.3 is 6.18 Å². The fourth-order valence-corrected chi connectivity index (χ4v) is 4.96. The van der Waals surface area contributed by atoms with Gasteiger partial charge in [0.2, 0.25) is 0 Å². The molecule has 3 N–H and O–H groups in total. The van der Waals surface area contributed by atoms with Gasteiger partial charge in [-0.2, -0.15) is 13.2 Å². The number of hydrogen-bond acceptors (Lipinski definition) is 5. The molecule has 2 aromatic carbocycles. The number of H-pyrrole nitrogens is 2. The van der Waals surface area contributed by atoms with Gasteiger partial charge in [0, 0.05) is 23.6 Å². The van der Waals surface area contributed by atoms with E-state index in [1.165, 1.54) is 19.2 Å². The van der Waals surface area contributed by atoms with Crippen LogP contribution < -0.4 is 20.3 Å². The van der Waals surface area contributed by atoms with Crippen LogP contribution in [0.5, 0.6) is 11.5 Å². The van der Waals surface area contributed by atoms with E-state index in [-0.39, 0.29) is 23.7 Å². The molecule has 0 spiro atoms. The first kappa shape index (κ1) is 22.8. The molecule has 1 aromatic heterocycles. The average molecular weight is 485 g/mol. The largest absolute Gasteiger partial charge is 0.493 e. The topological polar surface area (TPSA) is 96.2 Å². The zero-order chi connectivity index (χ0) is 24.9. The van der Waals surface area contributed by atoms with Crippen LogP contribution in [0.1, 0.15) is 46.9 Å². The molecule has 35 heavy (non-hydrogen) atoms. The Morgan fingerprint density at radius 2 is 1.57 bits per heavy atom. The minimum Gasteiger partial charge on any atom is -0.493 e. The Labute approximate surface area is 197 Å². The van der Waals surface area contributed by atoms with E-state index in [0.29, 0.717) is 40.6 Å². The first-order chi connectivity index (χ1) is 16.7. The predicted molar refractivity (Wildman–Crippen MR) is 122 cm³/mol. The van der Waals surface area contributed by atoms with Gasteiger partial charge in [-0.05, 0) is 47.7 Å². The number of fused-ring (bicyclic) bond motifs is 1. The quantitative estimate of drug-likeness (QED) is 0.498. The first-order valence-electron chi connectivity index (χ1n) is 10.9. The number of ketones is 1. The van der Waals surface area contributed by atoms with Gasteiger partial charge < -0.3 is 14.8 Å². The Hall–Kier alpha value is -3.95. The molecule has 7 nitrogen and oxygen atoms in total. The number of nitrogens with one attached hydrogen (secondary N) is 3. The van der Waals surface area contributed by atoms with Crippen molar-refractivity contribution in [2.75, 3.05) is 19.5 Å². The van der Waals surface area contributed by atoms with Gasteiger partial charge in [0.05, 0.1) is 25.3 Å². The van der Waals surface area contributed by atoms with Crippen LogP contribution >= 0.6 is 0 Å². The average Bonchev–Trinajstić information content (AvgIpc) is 3.21. The van der Waals surface area contributed by atoms with E-state index in [9.17, 15) is 22.8 Å². The molecule has 5 rings (SSSR count). The maximum atomic E-state index is 13.5. The summed E-state index contributed by atoms with van der Waals surface area (Å²) in [4.78, 5) is 26.1. The van der Waals surface area contributed by atoms with Crippen LogP contribution in [0, 0.1) is 0 Å². The van der Waals surface area contributed by atoms with E-state index in [4.69, 9.17) is 9.47 Å². The highest BCUT2D eigenvalue weighted by molar-refractivity contribution is 6.01. The van der Waals surface area contributed by atoms with E-state index in [1.54, 1.807) is 13.2 Å². The summed E-state index contributed by atoms with van der Waals surface area (Å²) < 4.78 is 50.0. The maximum absolute atomic E-state index is 13.5. The molecule has 0 unspecified atom stereocenters. The lowest BCUT2D eigenvalue weighted by atomic mass is 9.72. The van der Waals surface area contributed by atoms with Crippen LogP contribution in [0.2, 0.25) is 0 Å². The maximum Gasteiger partial charge on any atom is 0.416 e. The van der Waals surface area contributed by atoms with Crippen LogP contribution in [0.25, 0.3) is 0 Å². The van der Waals surface area contributed by atoms with E-state index in [2.05, 4.69) is 15.5 Å². The van der Waals surface area contributed by atoms with Gasteiger partial charge in [0.1, 0.15) is 5.82 Å². The van der Waals surface area contributed by atoms with Crippen LogP contribution in [0.15, 0.2) is 58.5 Å². The Morgan fingerprint density at radius 3 is 2.23 bits per heavy atom. The minimum atomic E-state index is -4.49. The number of anilines is 1. The summed E-state index contributed by atoms with van der Waals surface area (Å²) in [5.41, 5.74) is 1.42. The number of methoxy groups -OCH3 is 2. The third kappa shape index (κ3) is 3.88. The Bertz CT molecular complexity index is 1390. The van der Waals surface area contributed by atoms with Crippen LogP contribution in [0.3, 0.4) is 0 Å². The van der Waals surface area contributed by atoms with Gasteiger partial charge in [-0.1, -0.05) is 18.2 Å². The summed E-state index contributed by atoms with van der Waals surface area (Å²) in [5, 5.41) is 8.48. The van der Waals surface area contributed by atoms with Crippen molar-refractivity contribution in [3.8, 4) is 11.5 Å². The number of carbonyl (C=O) groups is 1. The molecule has 2 aliphatic rings. The molecule has 182 valence electrons. The summed E-state index contributed by atoms with van der Waals surface area (Å²) in [6.07, 6.45) is -3.83. The molecule has 1 aliphatic heterocycles. The molecule has 10 heteroatoms. The number of aromatic amines is 2. The SMILES string of the molecule is COc1ccc([C@@H]2CC(=O)C3=C(C2)Nc2[nH][nH]c(=O)c2[C@@H]3c2ccc(C(F)(F)F)cc2)cc1OC. The summed E-state index contributed by atoms with van der Waals surface area (Å²) >= 11 is 0. The second-order valence-corrected chi connectivity index (χ2v) is 8.58. The van der Waals surface area contributed by atoms with Crippen molar-refractivity contribution in [3.63, 3.8) is 0 Å². The standard InChI is InChI=1S/C25H22F3N3O4/c1-34-18-8-5-13(11-19(18)35-2)14-9-16-21(17(32)10-14)20(22-23(29-16)30-31-24(22)33)12-3-6-15(7-4-12)25(26,27)28/h3-8,11,14,20H,9-10H2,1-2H3,(H3,29,30,31,33)/t14-,20+/m0/s1. The highest BCUT2D eigenvalue weighted by Crippen LogP contribution is 2.47. The van der Waals surface area contributed by atoms with E-state index in [0.717, 1.165) is 17.7 Å². The molecular weight excluding hydrogens is 463 g/mol. The van der Waals surface area contributed by atoms with Crippen molar-refractivity contribution in [3.05, 3.63) is 86.3 Å². The van der Waals surface area contributed by atoms with Crippen LogP contribution in [0.4, 0.5) is 19.0 Å². The fourth-order valence-electron chi connectivity index (χ4n) is 4.96. The summed E-state index contributed by atoms with van der Waals surface area (Å²) in [5.74, 6) is 0.417. The molecule has 1 aliphatic carbocycles. The molecule has 2 atom stereocenters. The van der Waals surface area contributed by atoms with Gasteiger partial charge in [-0.25, -0.2) is 0 Å². The van der Waals surface area contributed by atoms with Crippen molar-refractivity contribution in [1.29, 1.82) is 0 Å². The molecular formula is C25H22F3N3O4. The van der Waals surface area contributed by atoms with Gasteiger partial charge in [-0.3, -0.25) is 19.8 Å². The Kier molecular flexibility index (Phi) is 5.46. The molecule has 0 bridgehead atoms. The molecule has 3 aromatic rings. The van der Waals surface area contributed by atoms with E-state index >= 15 is 0 Å². The third-order valence-corrected chi connectivity index (χ3v) is 6.63. The van der Waals surface area contributed by atoms with Crippen molar-refractivity contribution in [1.82, 2.24) is 10.2 Å². The van der Waals surface area contributed by atoms with E-state index < -0.39 is 23.2 Å². The van der Waals surface area contributed by atoms with Gasteiger partial charge in [0.25, 0.3) is 5.56 Å². The third-order valence-electron chi connectivity index (χ3n) is 6.63. The number of alkyl halides is 3. The molecule has 2 heterocycles. The van der Waals surface area contributed by atoms with Crippen molar-refractivity contribution in [2.45, 2.75) is 30.9 Å². The smallest absolute Gasteiger partial charge is 0.416 e. The van der Waals surface area contributed by atoms with Crippen molar-refractivity contribution < 1.29 is 27.4 Å². The summed E-state index contributed by atoms with van der Waals surface area (Å²) in [6.45, 7) is 0. The number of rotatable bonds is 4. The zero-order valence-electron chi connectivity index (χ0n) is 18.9. The minimum absolute atomic E-state index is 0.158. The second kappa shape index (κ2) is 8.37. The summed E-state index contributed by atoms with van der Waals surface area (Å²) in [7, 11) is 3.08. The number of carbonyl (C=O) groups excluding carboxylic acids is 1. The van der Waals surface area contributed by atoms with Gasteiger partial charge in [-0.15, -0.1) is 0 Å². The predicted octanol–water partition coefficient (Wildman–Crippen LogP) is 4.70. The second-order valence-electron chi connectivity index (χ2n) is 8.58. The number of aromatic nitrogens is 2. The molecule has 0 radical (unpaired) electrons. The molecule has 0 saturated carbocycles. The fraction of sp³-hybridized carbons (Fsp3) is 0.280. The van der Waals surface area contributed by atoms with Crippen LogP contribution in [-0.4, -0.2) is 30.2 Å². The number of ether oxygens (including phenoxy) is 2. The number of hydrogen-bond donors (Lipinski definition) is 3. The van der Waals surface area contributed by atoms with Crippen molar-refractivity contribution >= 4 is 11.6 Å².